The van der Waals surface area contributed by atoms with E-state index in [0.717, 1.165) is 23.1 Å². The number of carboxylic acid groups (broad SMARTS) is 1. The molecule has 1 saturated heterocycles. The number of phenolic OH excluding ortho intramolecular Hbond substituents is 1. The van der Waals surface area contributed by atoms with Crippen LogP contribution in [0.3, 0.4) is 0 Å². The Hall–Kier alpha value is -4.26. The number of likely N-dealkylation sites (tertiary alicyclic amines) is 1. The molecule has 2 bridgehead atoms. The number of methoxy groups -OCH3 is 2. The lowest BCUT2D eigenvalue weighted by Gasteiger charge is -2.59. The molecule has 4 unspecified atom stereocenters. The van der Waals surface area contributed by atoms with Gasteiger partial charge >= 0.3 is 5.97 Å². The number of rotatable bonds is 6. The number of carbonyl (C=O) groups excluding carboxylic acids is 1. The number of para-hydroxylation sites is 1. The zero-order chi connectivity index (χ0) is 27.5. The third-order valence-electron chi connectivity index (χ3n) is 9.41. The molecule has 0 aromatic heterocycles. The van der Waals surface area contributed by atoms with Gasteiger partial charge in [-0.1, -0.05) is 55.1 Å². The Kier molecular flexibility index (Phi) is 5.72. The number of fused-ring (bicyclic) bond motifs is 1. The average molecular weight is 526 g/mol. The number of nitrogens with zero attached hydrogens (tertiary/aromatic N) is 1. The lowest BCUT2D eigenvalue weighted by molar-refractivity contribution is -0.157. The summed E-state index contributed by atoms with van der Waals surface area (Å²) in [6.07, 6.45) is 1.39. The van der Waals surface area contributed by atoms with E-state index in [2.05, 4.69) is 12.6 Å². The molecule has 200 valence electrons. The highest BCUT2D eigenvalue weighted by Gasteiger charge is 2.71. The van der Waals surface area contributed by atoms with Crippen molar-refractivity contribution in [1.82, 2.24) is 4.90 Å². The van der Waals surface area contributed by atoms with Crippen molar-refractivity contribution in [1.29, 1.82) is 0 Å². The van der Waals surface area contributed by atoms with Gasteiger partial charge in [-0.25, -0.2) is 0 Å². The Balaban J connectivity index is 1.50. The van der Waals surface area contributed by atoms with Gasteiger partial charge < -0.3 is 24.6 Å². The number of hydrogen-bond donors (Lipinski definition) is 2. The molecule has 4 aliphatic rings. The molecule has 7 nitrogen and oxygen atoms in total. The van der Waals surface area contributed by atoms with E-state index in [9.17, 15) is 19.8 Å². The largest absolute Gasteiger partial charge is 0.504 e. The van der Waals surface area contributed by atoms with Crippen molar-refractivity contribution in [3.63, 3.8) is 0 Å². The standard InChI is InChI=1S/C32H31NO6/c1-19(21-8-5-7-11-26(21)38-2)29(35)33-17-28-31(20-12-13-27(39-3)25(34)16-20)15-14-24(32(28,18-33)30(36)37)22-9-4-6-10-23(22)31/h4-13,16,24,28,34H,1,14-15,17-18H2,2-3H3,(H,36,37). The zero-order valence-electron chi connectivity index (χ0n) is 22.0. The van der Waals surface area contributed by atoms with Crippen molar-refractivity contribution in [2.24, 2.45) is 11.3 Å². The summed E-state index contributed by atoms with van der Waals surface area (Å²) in [6.45, 7) is 4.44. The fourth-order valence-corrected chi connectivity index (χ4v) is 7.78. The van der Waals surface area contributed by atoms with E-state index in [1.807, 2.05) is 36.4 Å². The lowest BCUT2D eigenvalue weighted by atomic mass is 9.42. The molecule has 0 spiro atoms. The van der Waals surface area contributed by atoms with Crippen LogP contribution in [0.25, 0.3) is 5.57 Å². The number of phenols is 1. The van der Waals surface area contributed by atoms with Crippen molar-refractivity contribution in [3.05, 3.63) is 95.6 Å². The topological polar surface area (TPSA) is 96.3 Å². The zero-order valence-corrected chi connectivity index (χ0v) is 22.0. The molecule has 1 saturated carbocycles. The molecule has 39 heavy (non-hydrogen) atoms. The molecule has 3 aliphatic carbocycles. The molecule has 3 aromatic rings. The molecule has 2 N–H and O–H groups in total. The van der Waals surface area contributed by atoms with Crippen LogP contribution in [0.15, 0.2) is 73.3 Å². The molecule has 1 aliphatic heterocycles. The second-order valence-electron chi connectivity index (χ2n) is 10.8. The highest BCUT2D eigenvalue weighted by Crippen LogP contribution is 2.69. The molecule has 1 heterocycles. The number of carboxylic acids is 1. The Morgan fingerprint density at radius 1 is 1.00 bits per heavy atom. The maximum atomic E-state index is 13.9. The Morgan fingerprint density at radius 2 is 1.72 bits per heavy atom. The predicted molar refractivity (Wildman–Crippen MR) is 146 cm³/mol. The van der Waals surface area contributed by atoms with E-state index in [-0.39, 0.29) is 36.2 Å². The highest BCUT2D eigenvalue weighted by atomic mass is 16.5. The lowest BCUT2D eigenvalue weighted by Crippen LogP contribution is -2.60. The van der Waals surface area contributed by atoms with Crippen LogP contribution in [-0.4, -0.2) is 54.3 Å². The number of benzene rings is 3. The summed E-state index contributed by atoms with van der Waals surface area (Å²) in [6, 6.07) is 20.6. The van der Waals surface area contributed by atoms with Crippen molar-refractivity contribution in [3.8, 4) is 17.2 Å². The summed E-state index contributed by atoms with van der Waals surface area (Å²) in [5.41, 5.74) is 1.89. The molecule has 1 amide bonds. The Morgan fingerprint density at radius 3 is 2.44 bits per heavy atom. The molecule has 2 fully saturated rings. The second-order valence-corrected chi connectivity index (χ2v) is 10.8. The SMILES string of the molecule is C=C(C(=O)N1CC2C3(c4ccc(OC)c(O)c4)CCC(c4ccccc43)C2(C(=O)O)C1)c1ccccc1OC. The van der Waals surface area contributed by atoms with Crippen LogP contribution in [0.2, 0.25) is 0 Å². The molecular formula is C32H31NO6. The van der Waals surface area contributed by atoms with Crippen molar-refractivity contribution in [2.75, 3.05) is 27.3 Å². The Bertz CT molecular complexity index is 1510. The minimum absolute atomic E-state index is 0.00552. The third-order valence-corrected chi connectivity index (χ3v) is 9.41. The molecule has 4 atom stereocenters. The van der Waals surface area contributed by atoms with Gasteiger partial charge in [-0.2, -0.15) is 0 Å². The molecule has 7 heteroatoms. The average Bonchev–Trinajstić information content (AvgIpc) is 3.40. The highest BCUT2D eigenvalue weighted by molar-refractivity contribution is 6.19. The van der Waals surface area contributed by atoms with Gasteiger partial charge in [0.2, 0.25) is 0 Å². The summed E-state index contributed by atoms with van der Waals surface area (Å²) in [5.74, 6) is -0.934. The first-order valence-corrected chi connectivity index (χ1v) is 13.1. The van der Waals surface area contributed by atoms with Crippen molar-refractivity contribution in [2.45, 2.75) is 24.2 Å². The number of aliphatic carboxylic acids is 1. The van der Waals surface area contributed by atoms with Gasteiger partial charge in [-0.15, -0.1) is 0 Å². The number of hydrogen-bond acceptors (Lipinski definition) is 5. The van der Waals surface area contributed by atoms with Crippen LogP contribution >= 0.6 is 0 Å². The van der Waals surface area contributed by atoms with E-state index in [1.54, 1.807) is 36.3 Å². The number of amides is 1. The summed E-state index contributed by atoms with van der Waals surface area (Å²) in [4.78, 5) is 28.9. The van der Waals surface area contributed by atoms with E-state index >= 15 is 0 Å². The van der Waals surface area contributed by atoms with E-state index in [1.165, 1.54) is 7.11 Å². The van der Waals surface area contributed by atoms with Gasteiger partial charge in [-0.3, -0.25) is 9.59 Å². The maximum absolute atomic E-state index is 13.9. The smallest absolute Gasteiger partial charge is 0.312 e. The van der Waals surface area contributed by atoms with E-state index < -0.39 is 22.7 Å². The second kappa shape index (κ2) is 8.90. The Labute approximate surface area is 227 Å². The first kappa shape index (κ1) is 25.0. The van der Waals surface area contributed by atoms with Gasteiger partial charge in [0.05, 0.1) is 19.6 Å². The van der Waals surface area contributed by atoms with Crippen LogP contribution in [0.5, 0.6) is 17.2 Å². The third kappa shape index (κ3) is 3.28. The maximum Gasteiger partial charge on any atom is 0.312 e. The normalized spacial score (nSPS) is 26.5. The summed E-state index contributed by atoms with van der Waals surface area (Å²) < 4.78 is 10.8. The van der Waals surface area contributed by atoms with E-state index in [0.29, 0.717) is 23.5 Å². The first-order valence-electron chi connectivity index (χ1n) is 13.1. The van der Waals surface area contributed by atoms with Gasteiger partial charge in [-0.05, 0) is 47.7 Å². The minimum atomic E-state index is -1.18. The predicted octanol–water partition coefficient (Wildman–Crippen LogP) is 4.83. The van der Waals surface area contributed by atoms with Gasteiger partial charge in [0, 0.05) is 41.5 Å². The van der Waals surface area contributed by atoms with Crippen LogP contribution < -0.4 is 9.47 Å². The first-order chi connectivity index (χ1) is 18.8. The summed E-state index contributed by atoms with van der Waals surface area (Å²) >= 11 is 0. The van der Waals surface area contributed by atoms with Crippen molar-refractivity contribution >= 4 is 17.4 Å². The molecule has 0 radical (unpaired) electrons. The van der Waals surface area contributed by atoms with Crippen LogP contribution in [-0.2, 0) is 15.0 Å². The van der Waals surface area contributed by atoms with Crippen LogP contribution in [0.1, 0.15) is 41.0 Å². The number of ether oxygens (including phenoxy) is 2. The fraction of sp³-hybridized carbons (Fsp3) is 0.312. The molecule has 3 aromatic carbocycles. The van der Waals surface area contributed by atoms with Gasteiger partial charge in [0.1, 0.15) is 5.75 Å². The number of carbonyl (C=O) groups is 2. The van der Waals surface area contributed by atoms with Gasteiger partial charge in [0.15, 0.2) is 11.5 Å². The van der Waals surface area contributed by atoms with Crippen molar-refractivity contribution < 1.29 is 29.3 Å². The molecular weight excluding hydrogens is 494 g/mol. The van der Waals surface area contributed by atoms with Crippen LogP contribution in [0.4, 0.5) is 0 Å². The summed E-state index contributed by atoms with van der Waals surface area (Å²) in [5, 5.41) is 21.7. The summed E-state index contributed by atoms with van der Waals surface area (Å²) in [7, 11) is 3.04. The van der Waals surface area contributed by atoms with Crippen LogP contribution in [0, 0.1) is 11.3 Å². The van der Waals surface area contributed by atoms with Gasteiger partial charge in [0.25, 0.3) is 5.91 Å². The minimum Gasteiger partial charge on any atom is -0.504 e. The fourth-order valence-electron chi connectivity index (χ4n) is 7.78. The number of aromatic hydroxyl groups is 1. The van der Waals surface area contributed by atoms with E-state index in [4.69, 9.17) is 9.47 Å². The molecule has 7 rings (SSSR count). The quantitative estimate of drug-likeness (QED) is 0.448. The monoisotopic (exact) mass is 525 g/mol.